The smallest absolute Gasteiger partial charge is 0.129 e. The summed E-state index contributed by atoms with van der Waals surface area (Å²) in [4.78, 5) is 6.37. The maximum Gasteiger partial charge on any atom is 0.129 e. The second-order valence-corrected chi connectivity index (χ2v) is 3.74. The molecule has 0 amide bonds. The van der Waals surface area contributed by atoms with Crippen molar-refractivity contribution in [2.24, 2.45) is 0 Å². The minimum atomic E-state index is -0.144. The van der Waals surface area contributed by atoms with Crippen LogP contribution in [0.3, 0.4) is 0 Å². The van der Waals surface area contributed by atoms with Gasteiger partial charge in [0.2, 0.25) is 0 Å². The Morgan fingerprint density at radius 1 is 1.50 bits per heavy atom. The van der Waals surface area contributed by atoms with Crippen molar-refractivity contribution in [1.82, 2.24) is 4.98 Å². The maximum atomic E-state index is 9.08. The molecule has 1 aromatic heterocycles. The molecule has 5 heteroatoms. The first-order valence-corrected chi connectivity index (χ1v) is 5.60. The van der Waals surface area contributed by atoms with E-state index in [0.717, 1.165) is 18.9 Å². The van der Waals surface area contributed by atoms with E-state index in [1.54, 1.807) is 13.2 Å². The number of aliphatic hydroxyl groups excluding tert-OH is 1. The zero-order valence-corrected chi connectivity index (χ0v) is 10.4. The molecule has 1 heterocycles. The third-order valence-electron chi connectivity index (χ3n) is 2.32. The number of nitrogens with zero attached hydrogens (tertiary/aromatic N) is 2. The Morgan fingerprint density at radius 3 is 2.81 bits per heavy atom. The van der Waals surface area contributed by atoms with Gasteiger partial charge in [-0.15, -0.1) is 0 Å². The van der Waals surface area contributed by atoms with Gasteiger partial charge in [0.05, 0.1) is 23.9 Å². The second-order valence-electron chi connectivity index (χ2n) is 3.33. The molecule has 1 aromatic rings. The van der Waals surface area contributed by atoms with Crippen LogP contribution in [0.1, 0.15) is 12.6 Å². The summed E-state index contributed by atoms with van der Waals surface area (Å²) in [5.41, 5.74) is 0.509. The lowest BCUT2D eigenvalue weighted by Gasteiger charge is -2.22. The average molecular weight is 245 g/mol. The third kappa shape index (κ3) is 3.33. The van der Waals surface area contributed by atoms with Crippen LogP contribution in [0.15, 0.2) is 12.1 Å². The van der Waals surface area contributed by atoms with E-state index < -0.39 is 0 Å². The number of methoxy groups -OCH3 is 1. The number of ether oxygens (including phenoxy) is 1. The molecule has 0 bridgehead atoms. The first-order valence-electron chi connectivity index (χ1n) is 5.23. The van der Waals surface area contributed by atoms with Crippen LogP contribution >= 0.6 is 11.6 Å². The summed E-state index contributed by atoms with van der Waals surface area (Å²) >= 11 is 5.88. The number of aliphatic hydroxyl groups is 1. The quantitative estimate of drug-likeness (QED) is 0.828. The third-order valence-corrected chi connectivity index (χ3v) is 2.67. The largest absolute Gasteiger partial charge is 0.390 e. The highest BCUT2D eigenvalue weighted by Crippen LogP contribution is 2.19. The zero-order chi connectivity index (χ0) is 12.0. The lowest BCUT2D eigenvalue weighted by Crippen LogP contribution is -2.27. The molecule has 0 atom stereocenters. The van der Waals surface area contributed by atoms with E-state index in [-0.39, 0.29) is 6.61 Å². The molecule has 0 radical (unpaired) electrons. The molecule has 0 spiro atoms. The van der Waals surface area contributed by atoms with Crippen LogP contribution in [0, 0.1) is 0 Å². The predicted octanol–water partition coefficient (Wildman–Crippen LogP) is 1.70. The van der Waals surface area contributed by atoms with Crippen LogP contribution < -0.4 is 4.90 Å². The summed E-state index contributed by atoms with van der Waals surface area (Å²) in [6, 6.07) is 3.60. The van der Waals surface area contributed by atoms with Crippen LogP contribution in [0.25, 0.3) is 0 Å². The average Bonchev–Trinajstić information content (AvgIpc) is 2.32. The van der Waals surface area contributed by atoms with Gasteiger partial charge in [-0.25, -0.2) is 4.98 Å². The van der Waals surface area contributed by atoms with Gasteiger partial charge in [-0.05, 0) is 19.1 Å². The number of halogens is 1. The monoisotopic (exact) mass is 244 g/mol. The minimum absolute atomic E-state index is 0.144. The van der Waals surface area contributed by atoms with Gasteiger partial charge in [-0.1, -0.05) is 11.6 Å². The number of pyridine rings is 1. The standard InChI is InChI=1S/C11H17ClN2O2/c1-3-14(6-7-16-2)11-5-4-9(12)10(8-15)13-11/h4-5,15H,3,6-8H2,1-2H3. The molecule has 16 heavy (non-hydrogen) atoms. The molecule has 0 fully saturated rings. The molecule has 1 N–H and O–H groups in total. The van der Waals surface area contributed by atoms with E-state index in [4.69, 9.17) is 21.4 Å². The summed E-state index contributed by atoms with van der Waals surface area (Å²) in [7, 11) is 1.67. The van der Waals surface area contributed by atoms with Crippen LogP contribution in [0.4, 0.5) is 5.82 Å². The molecule has 0 aliphatic rings. The van der Waals surface area contributed by atoms with Crippen molar-refractivity contribution < 1.29 is 9.84 Å². The van der Waals surface area contributed by atoms with Gasteiger partial charge in [-0.3, -0.25) is 0 Å². The molecule has 4 nitrogen and oxygen atoms in total. The van der Waals surface area contributed by atoms with Crippen LogP contribution in [-0.4, -0.2) is 36.9 Å². The Hall–Kier alpha value is -0.840. The number of aromatic nitrogens is 1. The second kappa shape index (κ2) is 6.68. The lowest BCUT2D eigenvalue weighted by molar-refractivity contribution is 0.205. The normalized spacial score (nSPS) is 10.5. The van der Waals surface area contributed by atoms with E-state index in [2.05, 4.69) is 9.88 Å². The Kier molecular flexibility index (Phi) is 5.52. The number of anilines is 1. The highest BCUT2D eigenvalue weighted by molar-refractivity contribution is 6.31. The van der Waals surface area contributed by atoms with Crippen LogP contribution in [-0.2, 0) is 11.3 Å². The van der Waals surface area contributed by atoms with Crippen LogP contribution in [0.2, 0.25) is 5.02 Å². The highest BCUT2D eigenvalue weighted by Gasteiger charge is 2.08. The molecular weight excluding hydrogens is 228 g/mol. The zero-order valence-electron chi connectivity index (χ0n) is 9.61. The SMILES string of the molecule is CCN(CCOC)c1ccc(Cl)c(CO)n1. The van der Waals surface area contributed by atoms with Gasteiger partial charge in [0.1, 0.15) is 5.82 Å². The summed E-state index contributed by atoms with van der Waals surface area (Å²) in [6.07, 6.45) is 0. The number of likely N-dealkylation sites (N-methyl/N-ethyl adjacent to an activating group) is 1. The Bertz CT molecular complexity index is 334. The van der Waals surface area contributed by atoms with Gasteiger partial charge in [0, 0.05) is 20.2 Å². The first-order chi connectivity index (χ1) is 7.72. The van der Waals surface area contributed by atoms with Crippen molar-refractivity contribution in [3.63, 3.8) is 0 Å². The molecule has 1 rings (SSSR count). The van der Waals surface area contributed by atoms with Gasteiger partial charge < -0.3 is 14.7 Å². The molecule has 90 valence electrons. The Balaban J connectivity index is 2.83. The van der Waals surface area contributed by atoms with Gasteiger partial charge in [0.15, 0.2) is 0 Å². The fourth-order valence-corrected chi connectivity index (χ4v) is 1.56. The summed E-state index contributed by atoms with van der Waals surface area (Å²) in [6.45, 7) is 4.15. The van der Waals surface area contributed by atoms with E-state index in [1.165, 1.54) is 0 Å². The maximum absolute atomic E-state index is 9.08. The molecule has 0 saturated carbocycles. The highest BCUT2D eigenvalue weighted by atomic mass is 35.5. The van der Waals surface area contributed by atoms with Crippen molar-refractivity contribution in [3.8, 4) is 0 Å². The van der Waals surface area contributed by atoms with Gasteiger partial charge >= 0.3 is 0 Å². The Morgan fingerprint density at radius 2 is 2.25 bits per heavy atom. The van der Waals surface area contributed by atoms with Gasteiger partial charge in [0.25, 0.3) is 0 Å². The van der Waals surface area contributed by atoms with E-state index in [1.807, 2.05) is 13.0 Å². The molecular formula is C11H17ClN2O2. The predicted molar refractivity (Wildman–Crippen MR) is 64.9 cm³/mol. The van der Waals surface area contributed by atoms with Crippen molar-refractivity contribution in [1.29, 1.82) is 0 Å². The number of hydrogen-bond acceptors (Lipinski definition) is 4. The van der Waals surface area contributed by atoms with Crippen LogP contribution in [0.5, 0.6) is 0 Å². The topological polar surface area (TPSA) is 45.6 Å². The number of hydrogen-bond donors (Lipinski definition) is 1. The fraction of sp³-hybridized carbons (Fsp3) is 0.545. The molecule has 0 saturated heterocycles. The van der Waals surface area contributed by atoms with Crippen molar-refractivity contribution in [3.05, 3.63) is 22.8 Å². The minimum Gasteiger partial charge on any atom is -0.390 e. The van der Waals surface area contributed by atoms with Crippen molar-refractivity contribution in [2.45, 2.75) is 13.5 Å². The summed E-state index contributed by atoms with van der Waals surface area (Å²) in [5.74, 6) is 0.813. The Labute approximate surface area is 101 Å². The summed E-state index contributed by atoms with van der Waals surface area (Å²) < 4.78 is 5.03. The molecule has 0 aliphatic heterocycles. The van der Waals surface area contributed by atoms with E-state index in [9.17, 15) is 0 Å². The lowest BCUT2D eigenvalue weighted by atomic mass is 10.3. The number of rotatable bonds is 6. The molecule has 0 aliphatic carbocycles. The van der Waals surface area contributed by atoms with E-state index in [0.29, 0.717) is 17.3 Å². The molecule has 0 aromatic carbocycles. The summed E-state index contributed by atoms with van der Waals surface area (Å²) in [5, 5.41) is 9.58. The van der Waals surface area contributed by atoms with Gasteiger partial charge in [-0.2, -0.15) is 0 Å². The first kappa shape index (κ1) is 13.2. The fourth-order valence-electron chi connectivity index (χ4n) is 1.40. The van der Waals surface area contributed by atoms with E-state index >= 15 is 0 Å². The van der Waals surface area contributed by atoms with Crippen molar-refractivity contribution in [2.75, 3.05) is 31.7 Å². The van der Waals surface area contributed by atoms with Crippen molar-refractivity contribution >= 4 is 17.4 Å². The molecule has 0 unspecified atom stereocenters.